The topological polar surface area (TPSA) is 66.0 Å². The van der Waals surface area contributed by atoms with E-state index in [4.69, 9.17) is 10.5 Å². The Morgan fingerprint density at radius 2 is 1.83 bits per heavy atom. The molecule has 0 saturated heterocycles. The van der Waals surface area contributed by atoms with Crippen LogP contribution in [0.3, 0.4) is 0 Å². The maximum Gasteiger partial charge on any atom is 0.132 e. The lowest BCUT2D eigenvalue weighted by atomic mass is 10.1. The molecule has 0 aliphatic heterocycles. The zero-order valence-corrected chi connectivity index (χ0v) is 13.4. The Morgan fingerprint density at radius 3 is 2.57 bits per heavy atom. The first-order valence-electron chi connectivity index (χ1n) is 7.58. The van der Waals surface area contributed by atoms with Gasteiger partial charge >= 0.3 is 0 Å². The Bertz CT molecular complexity index is 796. The van der Waals surface area contributed by atoms with Crippen LogP contribution in [0.1, 0.15) is 22.5 Å². The summed E-state index contributed by atoms with van der Waals surface area (Å²) in [5.74, 6) is 0.869. The van der Waals surface area contributed by atoms with Crippen LogP contribution in [0.25, 0.3) is 5.69 Å². The molecule has 0 atom stereocenters. The fourth-order valence-electron chi connectivity index (χ4n) is 2.44. The van der Waals surface area contributed by atoms with Crippen molar-refractivity contribution in [3.8, 4) is 11.4 Å². The molecule has 0 aliphatic carbocycles. The highest BCUT2D eigenvalue weighted by molar-refractivity contribution is 5.39. The second kappa shape index (κ2) is 6.62. The van der Waals surface area contributed by atoms with Gasteiger partial charge in [-0.2, -0.15) is 0 Å². The summed E-state index contributed by atoms with van der Waals surface area (Å²) in [6, 6.07) is 15.9. The smallest absolute Gasteiger partial charge is 0.132 e. The van der Waals surface area contributed by atoms with Crippen molar-refractivity contribution in [3.63, 3.8) is 0 Å². The number of nitrogens with zero attached hydrogens (tertiary/aromatic N) is 3. The fourth-order valence-corrected chi connectivity index (χ4v) is 2.44. The second-order valence-corrected chi connectivity index (χ2v) is 5.42. The number of aryl methyl sites for hydroxylation is 1. The van der Waals surface area contributed by atoms with Crippen molar-refractivity contribution in [2.45, 2.75) is 27.0 Å². The number of rotatable bonds is 5. The van der Waals surface area contributed by atoms with Crippen molar-refractivity contribution in [1.29, 1.82) is 0 Å². The number of aromatic nitrogens is 3. The van der Waals surface area contributed by atoms with Gasteiger partial charge in [0.1, 0.15) is 23.7 Å². The number of ether oxygens (including phenoxy) is 1. The van der Waals surface area contributed by atoms with Gasteiger partial charge in [0.05, 0.1) is 5.69 Å². The highest BCUT2D eigenvalue weighted by atomic mass is 16.5. The third-order valence-electron chi connectivity index (χ3n) is 3.96. The van der Waals surface area contributed by atoms with E-state index in [0.717, 1.165) is 28.4 Å². The molecular weight excluding hydrogens is 288 g/mol. The third-order valence-corrected chi connectivity index (χ3v) is 3.96. The normalized spacial score (nSPS) is 10.7. The molecule has 5 nitrogen and oxygen atoms in total. The molecule has 0 unspecified atom stereocenters. The molecule has 118 valence electrons. The lowest BCUT2D eigenvalue weighted by Crippen LogP contribution is -2.10. The third kappa shape index (κ3) is 3.10. The summed E-state index contributed by atoms with van der Waals surface area (Å²) in [6.07, 6.45) is 0. The van der Waals surface area contributed by atoms with E-state index in [1.807, 2.05) is 42.5 Å². The summed E-state index contributed by atoms with van der Waals surface area (Å²) in [6.45, 7) is 4.83. The molecule has 2 aromatic carbocycles. The van der Waals surface area contributed by atoms with Crippen LogP contribution in [0.2, 0.25) is 0 Å². The van der Waals surface area contributed by atoms with Crippen molar-refractivity contribution in [2.24, 2.45) is 5.73 Å². The molecule has 1 aromatic heterocycles. The molecule has 0 aliphatic rings. The van der Waals surface area contributed by atoms with Crippen LogP contribution in [0.5, 0.6) is 5.75 Å². The maximum atomic E-state index is 6.01. The highest BCUT2D eigenvalue weighted by Crippen LogP contribution is 2.22. The van der Waals surface area contributed by atoms with Gasteiger partial charge < -0.3 is 10.5 Å². The minimum atomic E-state index is 0.332. The molecule has 0 amide bonds. The molecule has 2 N–H and O–H groups in total. The molecule has 0 fully saturated rings. The number of para-hydroxylation sites is 1. The van der Waals surface area contributed by atoms with Gasteiger partial charge in [-0.05, 0) is 43.2 Å². The molecule has 5 heteroatoms. The Balaban J connectivity index is 1.90. The molecule has 0 radical (unpaired) electrons. The SMILES string of the molecule is Cc1cccc(OCc2c(CN)nnn2-c2ccccc2)c1C. The first-order chi connectivity index (χ1) is 11.2. The van der Waals surface area contributed by atoms with E-state index in [9.17, 15) is 0 Å². The quantitative estimate of drug-likeness (QED) is 0.787. The van der Waals surface area contributed by atoms with Crippen LogP contribution >= 0.6 is 0 Å². The zero-order valence-electron chi connectivity index (χ0n) is 13.4. The predicted octanol–water partition coefficient (Wildman–Crippen LogP) is 2.92. The van der Waals surface area contributed by atoms with E-state index < -0.39 is 0 Å². The Hall–Kier alpha value is -2.66. The van der Waals surface area contributed by atoms with Crippen LogP contribution in [-0.4, -0.2) is 15.0 Å². The highest BCUT2D eigenvalue weighted by Gasteiger charge is 2.14. The van der Waals surface area contributed by atoms with Gasteiger partial charge in [0.2, 0.25) is 0 Å². The number of nitrogens with two attached hydrogens (primary N) is 1. The molecule has 1 heterocycles. The lowest BCUT2D eigenvalue weighted by molar-refractivity contribution is 0.294. The van der Waals surface area contributed by atoms with Gasteiger partial charge in [-0.15, -0.1) is 5.10 Å². The fraction of sp³-hybridized carbons (Fsp3) is 0.222. The minimum Gasteiger partial charge on any atom is -0.487 e. The average molecular weight is 308 g/mol. The van der Waals surface area contributed by atoms with Gasteiger partial charge in [-0.3, -0.25) is 0 Å². The molecule has 0 saturated carbocycles. The Morgan fingerprint density at radius 1 is 1.04 bits per heavy atom. The van der Waals surface area contributed by atoms with Crippen molar-refractivity contribution >= 4 is 0 Å². The summed E-state index contributed by atoms with van der Waals surface area (Å²) in [5, 5.41) is 8.39. The second-order valence-electron chi connectivity index (χ2n) is 5.42. The summed E-state index contributed by atoms with van der Waals surface area (Å²) >= 11 is 0. The van der Waals surface area contributed by atoms with E-state index >= 15 is 0 Å². The summed E-state index contributed by atoms with van der Waals surface area (Å²) < 4.78 is 7.80. The van der Waals surface area contributed by atoms with Gasteiger partial charge in [0.25, 0.3) is 0 Å². The van der Waals surface area contributed by atoms with Crippen LogP contribution in [-0.2, 0) is 13.2 Å². The van der Waals surface area contributed by atoms with Crippen molar-refractivity contribution in [3.05, 3.63) is 71.0 Å². The van der Waals surface area contributed by atoms with Crippen molar-refractivity contribution in [2.75, 3.05) is 0 Å². The molecule has 3 aromatic rings. The number of hydrogen-bond acceptors (Lipinski definition) is 4. The van der Waals surface area contributed by atoms with E-state index in [0.29, 0.717) is 13.2 Å². The first kappa shape index (κ1) is 15.2. The van der Waals surface area contributed by atoms with Crippen LogP contribution in [0.4, 0.5) is 0 Å². The van der Waals surface area contributed by atoms with Crippen LogP contribution < -0.4 is 10.5 Å². The number of hydrogen-bond donors (Lipinski definition) is 1. The predicted molar refractivity (Wildman–Crippen MR) is 89.5 cm³/mol. The molecule has 0 bridgehead atoms. The standard InChI is InChI=1S/C18H20N4O/c1-13-7-6-10-18(14(13)2)23-12-17-16(11-19)20-21-22(17)15-8-4-3-5-9-15/h3-10H,11-12,19H2,1-2H3. The van der Waals surface area contributed by atoms with E-state index in [1.165, 1.54) is 5.56 Å². The zero-order chi connectivity index (χ0) is 16.2. The lowest BCUT2D eigenvalue weighted by Gasteiger charge is -2.12. The van der Waals surface area contributed by atoms with Crippen LogP contribution in [0, 0.1) is 13.8 Å². The van der Waals surface area contributed by atoms with Crippen molar-refractivity contribution in [1.82, 2.24) is 15.0 Å². The maximum absolute atomic E-state index is 6.01. The van der Waals surface area contributed by atoms with Crippen molar-refractivity contribution < 1.29 is 4.74 Å². The molecule has 3 rings (SSSR count). The van der Waals surface area contributed by atoms with E-state index in [2.05, 4.69) is 30.2 Å². The van der Waals surface area contributed by atoms with Gasteiger partial charge in [-0.25, -0.2) is 4.68 Å². The number of benzene rings is 2. The van der Waals surface area contributed by atoms with Gasteiger partial charge in [-0.1, -0.05) is 35.5 Å². The Labute approximate surface area is 135 Å². The minimum absolute atomic E-state index is 0.332. The molecule has 0 spiro atoms. The molecule has 23 heavy (non-hydrogen) atoms. The van der Waals surface area contributed by atoms with E-state index in [1.54, 1.807) is 4.68 Å². The molecular formula is C18H20N4O. The first-order valence-corrected chi connectivity index (χ1v) is 7.58. The van der Waals surface area contributed by atoms with E-state index in [-0.39, 0.29) is 0 Å². The summed E-state index contributed by atoms with van der Waals surface area (Å²) in [7, 11) is 0. The largest absolute Gasteiger partial charge is 0.487 e. The van der Waals surface area contributed by atoms with Crippen LogP contribution in [0.15, 0.2) is 48.5 Å². The van der Waals surface area contributed by atoms with Gasteiger partial charge in [0.15, 0.2) is 0 Å². The summed E-state index contributed by atoms with van der Waals surface area (Å²) in [4.78, 5) is 0. The Kier molecular flexibility index (Phi) is 4.39. The monoisotopic (exact) mass is 308 g/mol. The van der Waals surface area contributed by atoms with Gasteiger partial charge in [0, 0.05) is 6.54 Å². The average Bonchev–Trinajstić information content (AvgIpc) is 3.00. The summed E-state index contributed by atoms with van der Waals surface area (Å²) in [5.41, 5.74) is 10.7.